The average molecular weight is 187 g/mol. The second kappa shape index (κ2) is 3.66. The zero-order chi connectivity index (χ0) is 10.9. The third-order valence-electron chi connectivity index (χ3n) is 2.42. The highest BCUT2D eigenvalue weighted by Crippen LogP contribution is 2.32. The lowest BCUT2D eigenvalue weighted by Gasteiger charge is -2.37. The minimum Gasteiger partial charge on any atom is -0.469 e. The number of methoxy groups -OCH3 is 1. The third-order valence-corrected chi connectivity index (χ3v) is 2.42. The van der Waals surface area contributed by atoms with Crippen molar-refractivity contribution < 1.29 is 9.53 Å². The molecule has 0 aromatic rings. The molecule has 78 valence electrons. The molecule has 3 nitrogen and oxygen atoms in total. The molecule has 0 spiro atoms. The quantitative estimate of drug-likeness (QED) is 0.667. The fourth-order valence-corrected chi connectivity index (χ4v) is 1.47. The van der Waals surface area contributed by atoms with Gasteiger partial charge in [-0.3, -0.25) is 4.79 Å². The van der Waals surface area contributed by atoms with E-state index >= 15 is 0 Å². The predicted octanol–water partition coefficient (Wildman–Crippen LogP) is 1.56. The Bertz CT molecular complexity index is 192. The summed E-state index contributed by atoms with van der Waals surface area (Å²) in [5.74, 6) is -0.255. The van der Waals surface area contributed by atoms with E-state index in [2.05, 4.69) is 0 Å². The molecule has 3 heteroatoms. The van der Waals surface area contributed by atoms with Crippen molar-refractivity contribution in [3.05, 3.63) is 0 Å². The topological polar surface area (TPSA) is 52.3 Å². The van der Waals surface area contributed by atoms with Crippen LogP contribution in [-0.4, -0.2) is 19.1 Å². The Balaban J connectivity index is 4.74. The van der Waals surface area contributed by atoms with Gasteiger partial charge in [0.15, 0.2) is 0 Å². The maximum Gasteiger partial charge on any atom is 0.312 e. The van der Waals surface area contributed by atoms with Gasteiger partial charge in [-0.05, 0) is 19.3 Å². The van der Waals surface area contributed by atoms with Crippen molar-refractivity contribution in [2.24, 2.45) is 16.6 Å². The van der Waals surface area contributed by atoms with Gasteiger partial charge in [-0.15, -0.1) is 0 Å². The van der Waals surface area contributed by atoms with Gasteiger partial charge < -0.3 is 10.5 Å². The first kappa shape index (κ1) is 12.4. The van der Waals surface area contributed by atoms with Gasteiger partial charge in [-0.2, -0.15) is 0 Å². The van der Waals surface area contributed by atoms with Crippen LogP contribution in [0, 0.1) is 10.8 Å². The lowest BCUT2D eigenvalue weighted by Crippen LogP contribution is -2.51. The van der Waals surface area contributed by atoms with Crippen molar-refractivity contribution in [2.45, 2.75) is 40.7 Å². The molecule has 0 radical (unpaired) electrons. The molecule has 13 heavy (non-hydrogen) atoms. The molecule has 2 N–H and O–H groups in total. The Hall–Kier alpha value is -0.570. The molecular weight excluding hydrogens is 166 g/mol. The van der Waals surface area contributed by atoms with Crippen LogP contribution in [0.5, 0.6) is 0 Å². The number of hydrogen-bond acceptors (Lipinski definition) is 3. The van der Waals surface area contributed by atoms with Gasteiger partial charge in [0.05, 0.1) is 12.5 Å². The summed E-state index contributed by atoms with van der Waals surface area (Å²) in [6, 6.07) is -0.215. The standard InChI is InChI=1S/C10H21NO2/c1-9(2,3)7(11)10(4,5)8(12)13-6/h7H,11H2,1-6H3/t7-/m0/s1. The fourth-order valence-electron chi connectivity index (χ4n) is 1.47. The lowest BCUT2D eigenvalue weighted by molar-refractivity contribution is -0.153. The first-order valence-corrected chi connectivity index (χ1v) is 4.48. The molecule has 1 atom stereocenters. The number of hydrogen-bond donors (Lipinski definition) is 1. The van der Waals surface area contributed by atoms with Gasteiger partial charge in [-0.25, -0.2) is 0 Å². The van der Waals surface area contributed by atoms with Crippen molar-refractivity contribution >= 4 is 5.97 Å². The van der Waals surface area contributed by atoms with Crippen LogP contribution in [-0.2, 0) is 9.53 Å². The second-order valence-corrected chi connectivity index (χ2v) is 5.06. The van der Waals surface area contributed by atoms with Gasteiger partial charge >= 0.3 is 5.97 Å². The molecule has 0 rings (SSSR count). The summed E-state index contributed by atoms with van der Waals surface area (Å²) in [6.45, 7) is 9.68. The number of rotatable bonds is 2. The normalized spacial score (nSPS) is 15.3. The zero-order valence-corrected chi connectivity index (χ0v) is 9.47. The molecule has 0 aliphatic heterocycles. The maximum absolute atomic E-state index is 11.4. The van der Waals surface area contributed by atoms with Gasteiger partial charge in [-0.1, -0.05) is 20.8 Å². The number of nitrogens with two attached hydrogens (primary N) is 1. The maximum atomic E-state index is 11.4. The Kier molecular flexibility index (Phi) is 3.50. The van der Waals surface area contributed by atoms with Crippen molar-refractivity contribution in [2.75, 3.05) is 7.11 Å². The molecule has 0 saturated heterocycles. The molecule has 0 aromatic carbocycles. The van der Waals surface area contributed by atoms with Crippen LogP contribution in [0.2, 0.25) is 0 Å². The number of esters is 1. The van der Waals surface area contributed by atoms with Crippen LogP contribution in [0.4, 0.5) is 0 Å². The van der Waals surface area contributed by atoms with Crippen LogP contribution < -0.4 is 5.73 Å². The number of ether oxygens (including phenoxy) is 1. The third kappa shape index (κ3) is 2.69. The van der Waals surface area contributed by atoms with Gasteiger partial charge in [0.2, 0.25) is 0 Å². The molecular formula is C10H21NO2. The summed E-state index contributed by atoms with van der Waals surface area (Å²) in [5.41, 5.74) is 5.27. The molecule has 0 bridgehead atoms. The molecule has 0 aliphatic carbocycles. The summed E-state index contributed by atoms with van der Waals surface area (Å²) in [7, 11) is 1.39. The highest BCUT2D eigenvalue weighted by Gasteiger charge is 2.41. The summed E-state index contributed by atoms with van der Waals surface area (Å²) < 4.78 is 4.71. The van der Waals surface area contributed by atoms with Crippen molar-refractivity contribution in [1.29, 1.82) is 0 Å². The first-order valence-electron chi connectivity index (χ1n) is 4.48. The summed E-state index contributed by atoms with van der Waals surface area (Å²) >= 11 is 0. The average Bonchev–Trinajstić information content (AvgIpc) is 1.99. The van der Waals surface area contributed by atoms with Crippen molar-refractivity contribution in [3.63, 3.8) is 0 Å². The van der Waals surface area contributed by atoms with E-state index in [0.717, 1.165) is 0 Å². The molecule has 0 fully saturated rings. The monoisotopic (exact) mass is 187 g/mol. The minimum absolute atomic E-state index is 0.0995. The molecule has 0 amide bonds. The van der Waals surface area contributed by atoms with E-state index < -0.39 is 5.41 Å². The SMILES string of the molecule is COC(=O)C(C)(C)[C@@H](N)C(C)(C)C. The van der Waals surface area contributed by atoms with E-state index in [1.807, 2.05) is 34.6 Å². The van der Waals surface area contributed by atoms with Crippen molar-refractivity contribution in [1.82, 2.24) is 0 Å². The summed E-state index contributed by atoms with van der Waals surface area (Å²) in [5, 5.41) is 0. The predicted molar refractivity (Wildman–Crippen MR) is 53.2 cm³/mol. The van der Waals surface area contributed by atoms with E-state index in [0.29, 0.717) is 0 Å². The second-order valence-electron chi connectivity index (χ2n) is 5.06. The summed E-state index contributed by atoms with van der Waals surface area (Å²) in [6.07, 6.45) is 0. The van der Waals surface area contributed by atoms with Crippen LogP contribution in [0.1, 0.15) is 34.6 Å². The highest BCUT2D eigenvalue weighted by atomic mass is 16.5. The molecule has 0 aromatic heterocycles. The molecule has 0 aliphatic rings. The van der Waals surface area contributed by atoms with E-state index in [-0.39, 0.29) is 17.4 Å². The molecule has 0 saturated carbocycles. The Morgan fingerprint density at radius 1 is 1.23 bits per heavy atom. The Labute approximate surface area is 80.6 Å². The molecule has 0 unspecified atom stereocenters. The smallest absolute Gasteiger partial charge is 0.312 e. The van der Waals surface area contributed by atoms with Crippen LogP contribution >= 0.6 is 0 Å². The van der Waals surface area contributed by atoms with Gasteiger partial charge in [0.1, 0.15) is 0 Å². The highest BCUT2D eigenvalue weighted by molar-refractivity contribution is 5.76. The first-order chi connectivity index (χ1) is 5.64. The Morgan fingerprint density at radius 2 is 1.62 bits per heavy atom. The zero-order valence-electron chi connectivity index (χ0n) is 9.47. The largest absolute Gasteiger partial charge is 0.469 e. The lowest BCUT2D eigenvalue weighted by atomic mass is 9.71. The minimum atomic E-state index is -0.632. The van der Waals surface area contributed by atoms with E-state index in [4.69, 9.17) is 10.5 Å². The van der Waals surface area contributed by atoms with Crippen LogP contribution in [0.3, 0.4) is 0 Å². The van der Waals surface area contributed by atoms with Gasteiger partial charge in [0, 0.05) is 6.04 Å². The van der Waals surface area contributed by atoms with Crippen LogP contribution in [0.25, 0.3) is 0 Å². The number of carbonyl (C=O) groups is 1. The molecule has 0 heterocycles. The fraction of sp³-hybridized carbons (Fsp3) is 0.900. The van der Waals surface area contributed by atoms with Crippen LogP contribution in [0.15, 0.2) is 0 Å². The van der Waals surface area contributed by atoms with E-state index in [1.54, 1.807) is 0 Å². The number of carbonyl (C=O) groups excluding carboxylic acids is 1. The van der Waals surface area contributed by atoms with Gasteiger partial charge in [0.25, 0.3) is 0 Å². The van der Waals surface area contributed by atoms with Crippen molar-refractivity contribution in [3.8, 4) is 0 Å². The summed E-state index contributed by atoms with van der Waals surface area (Å²) in [4.78, 5) is 11.4. The Morgan fingerprint density at radius 3 is 1.85 bits per heavy atom. The van der Waals surface area contributed by atoms with E-state index in [1.165, 1.54) is 7.11 Å². The van der Waals surface area contributed by atoms with E-state index in [9.17, 15) is 4.79 Å².